The fourth-order valence-electron chi connectivity index (χ4n) is 2.37. The summed E-state index contributed by atoms with van der Waals surface area (Å²) in [6, 6.07) is -0.455. The van der Waals surface area contributed by atoms with Gasteiger partial charge in [0, 0.05) is 18.7 Å². The minimum atomic E-state index is -0.848. The number of amides is 2. The minimum absolute atomic E-state index is 0.0152. The van der Waals surface area contributed by atoms with Crippen LogP contribution in [0.1, 0.15) is 39.0 Å². The number of carbonyl (C=O) groups excluding carboxylic acids is 2. The number of nitrogens with one attached hydrogen (secondary N) is 1. The van der Waals surface area contributed by atoms with Crippen LogP contribution in [0.3, 0.4) is 0 Å². The van der Waals surface area contributed by atoms with Gasteiger partial charge in [0.15, 0.2) is 0 Å². The van der Waals surface area contributed by atoms with Crippen LogP contribution in [0.25, 0.3) is 0 Å². The van der Waals surface area contributed by atoms with E-state index in [0.717, 1.165) is 12.8 Å². The molecule has 0 aromatic carbocycles. The predicted molar refractivity (Wildman–Crippen MR) is 79.8 cm³/mol. The molecule has 0 aromatic rings. The Kier molecular flexibility index (Phi) is 5.13. The fourth-order valence-corrected chi connectivity index (χ4v) is 3.55. The van der Waals surface area contributed by atoms with Crippen LogP contribution in [0.4, 0.5) is 0 Å². The molecule has 0 bridgehead atoms. The first-order chi connectivity index (χ1) is 10.00. The van der Waals surface area contributed by atoms with E-state index in [1.807, 2.05) is 6.92 Å². The van der Waals surface area contributed by atoms with Crippen molar-refractivity contribution >= 4 is 29.5 Å². The lowest BCUT2D eigenvalue weighted by Crippen LogP contribution is -2.48. The number of carbonyl (C=O) groups is 3. The van der Waals surface area contributed by atoms with E-state index in [-0.39, 0.29) is 18.4 Å². The van der Waals surface area contributed by atoms with Gasteiger partial charge in [-0.1, -0.05) is 13.3 Å². The largest absolute Gasteiger partial charge is 0.481 e. The number of carboxylic acids is 1. The highest BCUT2D eigenvalue weighted by atomic mass is 32.2. The molecular formula is C14H22N2O4S. The van der Waals surface area contributed by atoms with Crippen molar-refractivity contribution in [2.24, 2.45) is 5.41 Å². The molecule has 1 saturated heterocycles. The number of hydrogen-bond donors (Lipinski definition) is 2. The summed E-state index contributed by atoms with van der Waals surface area (Å²) in [5, 5.41) is 11.8. The van der Waals surface area contributed by atoms with Gasteiger partial charge in [-0.2, -0.15) is 0 Å². The van der Waals surface area contributed by atoms with Gasteiger partial charge in [-0.05, 0) is 19.3 Å². The molecule has 118 valence electrons. The smallest absolute Gasteiger partial charge is 0.311 e. The summed E-state index contributed by atoms with van der Waals surface area (Å²) >= 11 is 1.56. The molecule has 6 nitrogen and oxygen atoms in total. The number of unbranched alkanes of at least 4 members (excludes halogenated alkanes) is 1. The van der Waals surface area contributed by atoms with Crippen molar-refractivity contribution in [3.05, 3.63) is 0 Å². The molecule has 2 fully saturated rings. The van der Waals surface area contributed by atoms with Gasteiger partial charge in [-0.3, -0.25) is 14.4 Å². The van der Waals surface area contributed by atoms with Crippen LogP contribution in [-0.4, -0.2) is 52.0 Å². The Morgan fingerprint density at radius 1 is 1.38 bits per heavy atom. The predicted octanol–water partition coefficient (Wildman–Crippen LogP) is 1.06. The summed E-state index contributed by atoms with van der Waals surface area (Å²) in [6.07, 6.45) is 3.48. The van der Waals surface area contributed by atoms with E-state index in [4.69, 9.17) is 5.11 Å². The Balaban J connectivity index is 1.86. The Labute approximate surface area is 128 Å². The van der Waals surface area contributed by atoms with Gasteiger partial charge in [-0.25, -0.2) is 0 Å². The molecule has 1 atom stereocenters. The number of rotatable bonds is 7. The first kappa shape index (κ1) is 16.1. The zero-order valence-corrected chi connectivity index (χ0v) is 13.1. The first-order valence-corrected chi connectivity index (χ1v) is 8.54. The van der Waals surface area contributed by atoms with Crippen molar-refractivity contribution in [2.75, 3.05) is 18.2 Å². The monoisotopic (exact) mass is 314 g/mol. The van der Waals surface area contributed by atoms with E-state index in [0.29, 0.717) is 30.9 Å². The average molecular weight is 314 g/mol. The minimum Gasteiger partial charge on any atom is -0.481 e. The molecule has 0 radical (unpaired) electrons. The van der Waals surface area contributed by atoms with Gasteiger partial charge in [0.1, 0.15) is 6.04 Å². The molecule has 0 aromatic heterocycles. The summed E-state index contributed by atoms with van der Waals surface area (Å²) in [4.78, 5) is 37.0. The quantitative estimate of drug-likeness (QED) is 0.734. The van der Waals surface area contributed by atoms with Crippen molar-refractivity contribution in [2.45, 2.75) is 45.1 Å². The Morgan fingerprint density at radius 2 is 2.10 bits per heavy atom. The maximum Gasteiger partial charge on any atom is 0.311 e. The molecule has 2 amide bonds. The third-order valence-corrected chi connectivity index (χ3v) is 5.17. The number of hydrogen-bond acceptors (Lipinski definition) is 4. The molecule has 2 rings (SSSR count). The van der Waals surface area contributed by atoms with E-state index in [9.17, 15) is 14.4 Å². The molecule has 1 unspecified atom stereocenters. The normalized spacial score (nSPS) is 22.9. The van der Waals surface area contributed by atoms with Crippen LogP contribution < -0.4 is 5.32 Å². The van der Waals surface area contributed by atoms with Crippen LogP contribution >= 0.6 is 11.8 Å². The number of thioether (sulfide) groups is 1. The summed E-state index contributed by atoms with van der Waals surface area (Å²) in [6.45, 7) is 2.19. The molecule has 2 N–H and O–H groups in total. The maximum atomic E-state index is 12.2. The molecule has 1 saturated carbocycles. The summed E-state index contributed by atoms with van der Waals surface area (Å²) in [5.74, 6) is 0.0762. The highest BCUT2D eigenvalue weighted by molar-refractivity contribution is 7.99. The topological polar surface area (TPSA) is 86.7 Å². The van der Waals surface area contributed by atoms with Gasteiger partial charge in [0.2, 0.25) is 11.8 Å². The molecule has 1 heterocycles. The Morgan fingerprint density at radius 3 is 2.67 bits per heavy atom. The molecule has 1 aliphatic heterocycles. The van der Waals surface area contributed by atoms with Crippen LogP contribution in [0, 0.1) is 5.41 Å². The molecule has 7 heteroatoms. The van der Waals surface area contributed by atoms with Crippen molar-refractivity contribution in [3.63, 3.8) is 0 Å². The molecule has 2 aliphatic rings. The van der Waals surface area contributed by atoms with Crippen LogP contribution in [0.2, 0.25) is 0 Å². The Bertz CT molecular complexity index is 437. The lowest BCUT2D eigenvalue weighted by molar-refractivity contribution is -0.144. The molecule has 21 heavy (non-hydrogen) atoms. The maximum absolute atomic E-state index is 12.2. The van der Waals surface area contributed by atoms with Crippen LogP contribution in [0.15, 0.2) is 0 Å². The van der Waals surface area contributed by atoms with Gasteiger partial charge >= 0.3 is 5.97 Å². The van der Waals surface area contributed by atoms with E-state index in [1.54, 1.807) is 16.7 Å². The number of aliphatic carboxylic acids is 1. The lowest BCUT2D eigenvalue weighted by Gasteiger charge is -2.23. The average Bonchev–Trinajstić information content (AvgIpc) is 3.10. The summed E-state index contributed by atoms with van der Waals surface area (Å²) in [7, 11) is 0. The van der Waals surface area contributed by atoms with E-state index in [1.165, 1.54) is 0 Å². The second-order valence-corrected chi connectivity index (χ2v) is 6.79. The Hall–Kier alpha value is -1.24. The molecule has 1 aliphatic carbocycles. The second-order valence-electron chi connectivity index (χ2n) is 5.79. The summed E-state index contributed by atoms with van der Waals surface area (Å²) in [5.41, 5.74) is -0.765. The molecular weight excluding hydrogens is 292 g/mol. The molecule has 0 spiro atoms. The van der Waals surface area contributed by atoms with Crippen molar-refractivity contribution in [1.82, 2.24) is 10.2 Å². The van der Waals surface area contributed by atoms with Gasteiger partial charge in [0.25, 0.3) is 0 Å². The lowest BCUT2D eigenvalue weighted by atomic mass is 10.1. The third kappa shape index (κ3) is 3.70. The standard InChI is InChI=1S/C14H22N2O4S/c1-2-3-4-11(17)16-9-21-7-10(16)12(18)15-8-14(5-6-14)13(19)20/h10H,2-9H2,1H3,(H,15,18)(H,19,20). The van der Waals surface area contributed by atoms with E-state index >= 15 is 0 Å². The highest BCUT2D eigenvalue weighted by Crippen LogP contribution is 2.45. The number of nitrogens with zero attached hydrogens (tertiary/aromatic N) is 1. The zero-order valence-electron chi connectivity index (χ0n) is 12.3. The van der Waals surface area contributed by atoms with Crippen molar-refractivity contribution < 1.29 is 19.5 Å². The third-order valence-electron chi connectivity index (χ3n) is 4.16. The van der Waals surface area contributed by atoms with E-state index in [2.05, 4.69) is 5.32 Å². The van der Waals surface area contributed by atoms with Gasteiger partial charge in [-0.15, -0.1) is 11.8 Å². The zero-order chi connectivity index (χ0) is 15.5. The van der Waals surface area contributed by atoms with Crippen LogP contribution in [0.5, 0.6) is 0 Å². The fraction of sp³-hybridized carbons (Fsp3) is 0.786. The van der Waals surface area contributed by atoms with Gasteiger partial charge in [0.05, 0.1) is 11.3 Å². The highest BCUT2D eigenvalue weighted by Gasteiger charge is 2.50. The van der Waals surface area contributed by atoms with Crippen molar-refractivity contribution in [3.8, 4) is 0 Å². The van der Waals surface area contributed by atoms with E-state index < -0.39 is 17.4 Å². The van der Waals surface area contributed by atoms with Gasteiger partial charge < -0.3 is 15.3 Å². The second kappa shape index (κ2) is 6.68. The number of carboxylic acid groups (broad SMARTS) is 1. The first-order valence-electron chi connectivity index (χ1n) is 7.38. The van der Waals surface area contributed by atoms with Crippen molar-refractivity contribution in [1.29, 1.82) is 0 Å². The summed E-state index contributed by atoms with van der Waals surface area (Å²) < 4.78 is 0. The SMILES string of the molecule is CCCCC(=O)N1CSCC1C(=O)NCC1(C(=O)O)CC1. The van der Waals surface area contributed by atoms with Crippen LogP contribution in [-0.2, 0) is 14.4 Å².